The van der Waals surface area contributed by atoms with Gasteiger partial charge < -0.3 is 15.5 Å². The van der Waals surface area contributed by atoms with Crippen molar-refractivity contribution in [3.63, 3.8) is 0 Å². The molecule has 5 nitrogen and oxygen atoms in total. The van der Waals surface area contributed by atoms with Gasteiger partial charge in [0.15, 0.2) is 0 Å². The zero-order valence-electron chi connectivity index (χ0n) is 14.0. The van der Waals surface area contributed by atoms with Crippen LogP contribution >= 0.6 is 0 Å². The Kier molecular flexibility index (Phi) is 6.27. The zero-order valence-corrected chi connectivity index (χ0v) is 14.0. The van der Waals surface area contributed by atoms with E-state index in [9.17, 15) is 22.8 Å². The number of urea groups is 1. The highest BCUT2D eigenvalue weighted by Crippen LogP contribution is 2.30. The quantitative estimate of drug-likeness (QED) is 0.851. The summed E-state index contributed by atoms with van der Waals surface area (Å²) in [6.45, 7) is 3.32. The molecule has 3 amide bonds. The van der Waals surface area contributed by atoms with Crippen molar-refractivity contribution in [1.82, 2.24) is 15.5 Å². The smallest absolute Gasteiger partial charge is 0.343 e. The van der Waals surface area contributed by atoms with Crippen LogP contribution in [0.2, 0.25) is 0 Å². The van der Waals surface area contributed by atoms with E-state index in [-0.39, 0.29) is 18.9 Å². The van der Waals surface area contributed by atoms with Crippen LogP contribution in [0.4, 0.5) is 18.0 Å². The van der Waals surface area contributed by atoms with Crippen LogP contribution in [-0.4, -0.2) is 36.5 Å². The lowest BCUT2D eigenvalue weighted by Crippen LogP contribution is -2.39. The highest BCUT2D eigenvalue weighted by molar-refractivity contribution is 5.78. The number of carbonyl (C=O) groups is 2. The topological polar surface area (TPSA) is 61.4 Å². The summed E-state index contributed by atoms with van der Waals surface area (Å²) in [6.07, 6.45) is -2.19. The van der Waals surface area contributed by atoms with Gasteiger partial charge >= 0.3 is 12.2 Å². The molecule has 8 heteroatoms. The second-order valence-corrected chi connectivity index (χ2v) is 6.08. The Hall–Kier alpha value is -2.25. The predicted molar refractivity (Wildman–Crippen MR) is 86.8 cm³/mol. The fourth-order valence-corrected chi connectivity index (χ4v) is 2.72. The Bertz CT molecular complexity index is 613. The van der Waals surface area contributed by atoms with Gasteiger partial charge in [0.1, 0.15) is 0 Å². The molecule has 1 aliphatic heterocycles. The van der Waals surface area contributed by atoms with Gasteiger partial charge in [0.2, 0.25) is 5.91 Å². The van der Waals surface area contributed by atoms with E-state index in [1.54, 1.807) is 11.8 Å². The van der Waals surface area contributed by atoms with Crippen molar-refractivity contribution in [2.45, 2.75) is 38.4 Å². The highest BCUT2D eigenvalue weighted by Gasteiger charge is 2.30. The van der Waals surface area contributed by atoms with Gasteiger partial charge in [-0.25, -0.2) is 4.79 Å². The molecule has 1 unspecified atom stereocenters. The van der Waals surface area contributed by atoms with Crippen LogP contribution in [0.15, 0.2) is 24.3 Å². The summed E-state index contributed by atoms with van der Waals surface area (Å²) in [5, 5.41) is 5.14. The number of amides is 3. The molecule has 1 aromatic rings. The lowest BCUT2D eigenvalue weighted by atomic mass is 10.1. The van der Waals surface area contributed by atoms with Crippen LogP contribution in [-0.2, 0) is 11.0 Å². The minimum Gasteiger partial charge on any atom is -0.343 e. The minimum atomic E-state index is -4.42. The molecule has 2 N–H and O–H groups in total. The Labute approximate surface area is 144 Å². The first-order chi connectivity index (χ1) is 11.8. The van der Waals surface area contributed by atoms with Crippen LogP contribution in [0.3, 0.4) is 0 Å². The van der Waals surface area contributed by atoms with Gasteiger partial charge in [0.25, 0.3) is 0 Å². The van der Waals surface area contributed by atoms with E-state index >= 15 is 0 Å². The van der Waals surface area contributed by atoms with Crippen molar-refractivity contribution in [2.24, 2.45) is 0 Å². The SMILES string of the molecule is CC(NC(=O)NCCC(=O)N1CCCC1)c1cccc(C(F)(F)F)c1. The number of hydrogen-bond donors (Lipinski definition) is 2. The summed E-state index contributed by atoms with van der Waals surface area (Å²) in [5.41, 5.74) is -0.395. The molecule has 25 heavy (non-hydrogen) atoms. The third-order valence-corrected chi connectivity index (χ3v) is 4.14. The van der Waals surface area contributed by atoms with Crippen molar-refractivity contribution >= 4 is 11.9 Å². The number of alkyl halides is 3. The molecule has 0 saturated carbocycles. The molecule has 138 valence electrons. The maximum absolute atomic E-state index is 12.7. The fourth-order valence-electron chi connectivity index (χ4n) is 2.72. The van der Waals surface area contributed by atoms with Crippen LogP contribution < -0.4 is 10.6 Å². The molecule has 1 saturated heterocycles. The molecule has 0 aromatic heterocycles. The van der Waals surface area contributed by atoms with Gasteiger partial charge in [0, 0.05) is 26.1 Å². The van der Waals surface area contributed by atoms with Crippen molar-refractivity contribution in [3.8, 4) is 0 Å². The Morgan fingerprint density at radius 3 is 2.56 bits per heavy atom. The first-order valence-electron chi connectivity index (χ1n) is 8.26. The summed E-state index contributed by atoms with van der Waals surface area (Å²) in [4.78, 5) is 25.5. The Morgan fingerprint density at radius 2 is 1.92 bits per heavy atom. The second kappa shape index (κ2) is 8.22. The average molecular weight is 357 g/mol. The number of nitrogens with one attached hydrogen (secondary N) is 2. The van der Waals surface area contributed by atoms with Crippen molar-refractivity contribution < 1.29 is 22.8 Å². The zero-order chi connectivity index (χ0) is 18.4. The van der Waals surface area contributed by atoms with Crippen LogP contribution in [0.25, 0.3) is 0 Å². The van der Waals surface area contributed by atoms with Gasteiger partial charge in [-0.2, -0.15) is 13.2 Å². The molecule has 1 heterocycles. The van der Waals surface area contributed by atoms with Gasteiger partial charge in [0.05, 0.1) is 11.6 Å². The molecule has 0 spiro atoms. The first-order valence-corrected chi connectivity index (χ1v) is 8.26. The second-order valence-electron chi connectivity index (χ2n) is 6.08. The summed E-state index contributed by atoms with van der Waals surface area (Å²) in [7, 11) is 0. The van der Waals surface area contributed by atoms with Crippen LogP contribution in [0.1, 0.15) is 43.4 Å². The van der Waals surface area contributed by atoms with Crippen molar-refractivity contribution in [2.75, 3.05) is 19.6 Å². The van der Waals surface area contributed by atoms with E-state index < -0.39 is 23.8 Å². The van der Waals surface area contributed by atoms with Crippen LogP contribution in [0, 0.1) is 0 Å². The van der Waals surface area contributed by atoms with Gasteiger partial charge in [-0.3, -0.25) is 4.79 Å². The summed E-state index contributed by atoms with van der Waals surface area (Å²) in [6, 6.07) is 3.73. The number of benzene rings is 1. The summed E-state index contributed by atoms with van der Waals surface area (Å²) in [5.74, 6) is 0.00345. The number of hydrogen-bond acceptors (Lipinski definition) is 2. The number of rotatable bonds is 5. The van der Waals surface area contributed by atoms with E-state index in [0.717, 1.165) is 38.1 Å². The van der Waals surface area contributed by atoms with Gasteiger partial charge in [-0.05, 0) is 37.5 Å². The van der Waals surface area contributed by atoms with Gasteiger partial charge in [-0.1, -0.05) is 12.1 Å². The number of nitrogens with zero attached hydrogens (tertiary/aromatic N) is 1. The van der Waals surface area contributed by atoms with Crippen LogP contribution in [0.5, 0.6) is 0 Å². The normalized spacial score (nSPS) is 15.8. The van der Waals surface area contributed by atoms with E-state index in [1.165, 1.54) is 12.1 Å². The molecule has 0 radical (unpaired) electrons. The Balaban J connectivity index is 1.79. The third kappa shape index (κ3) is 5.65. The highest BCUT2D eigenvalue weighted by atomic mass is 19.4. The molecule has 0 bridgehead atoms. The van der Waals surface area contributed by atoms with E-state index in [1.807, 2.05) is 0 Å². The summed E-state index contributed by atoms with van der Waals surface area (Å²) < 4.78 is 38.2. The predicted octanol–water partition coefficient (Wildman–Crippen LogP) is 3.08. The van der Waals surface area contributed by atoms with E-state index in [4.69, 9.17) is 0 Å². The molecule has 1 aliphatic rings. The molecule has 1 atom stereocenters. The molecule has 1 aromatic carbocycles. The van der Waals surface area contributed by atoms with E-state index in [2.05, 4.69) is 10.6 Å². The average Bonchev–Trinajstić information content (AvgIpc) is 3.08. The monoisotopic (exact) mass is 357 g/mol. The standard InChI is InChI=1S/C17H22F3N3O2/c1-12(13-5-4-6-14(11-13)17(18,19)20)22-16(25)21-8-7-15(24)23-9-2-3-10-23/h4-6,11-12H,2-3,7-10H2,1H3,(H2,21,22,25). The number of halogens is 3. The maximum Gasteiger partial charge on any atom is 0.416 e. The molecular weight excluding hydrogens is 335 g/mol. The van der Waals surface area contributed by atoms with E-state index in [0.29, 0.717) is 5.56 Å². The maximum atomic E-state index is 12.7. The molecule has 2 rings (SSSR count). The molecule has 0 aliphatic carbocycles. The third-order valence-electron chi connectivity index (χ3n) is 4.14. The number of likely N-dealkylation sites (tertiary alicyclic amines) is 1. The summed E-state index contributed by atoms with van der Waals surface area (Å²) >= 11 is 0. The molecular formula is C17H22F3N3O2. The van der Waals surface area contributed by atoms with Gasteiger partial charge in [-0.15, -0.1) is 0 Å². The lowest BCUT2D eigenvalue weighted by molar-refractivity contribution is -0.137. The molecule has 1 fully saturated rings. The minimum absolute atomic E-state index is 0.00345. The van der Waals surface area contributed by atoms with Crippen molar-refractivity contribution in [3.05, 3.63) is 35.4 Å². The fraction of sp³-hybridized carbons (Fsp3) is 0.529. The first kappa shape index (κ1) is 19.1. The lowest BCUT2D eigenvalue weighted by Gasteiger charge is -2.18. The Morgan fingerprint density at radius 1 is 1.24 bits per heavy atom. The largest absolute Gasteiger partial charge is 0.416 e. The van der Waals surface area contributed by atoms with Crippen molar-refractivity contribution in [1.29, 1.82) is 0 Å². The number of carbonyl (C=O) groups excluding carboxylic acids is 2.